The molecule has 2 aromatic rings. The van der Waals surface area contributed by atoms with Gasteiger partial charge in [-0.2, -0.15) is 0 Å². The van der Waals surface area contributed by atoms with Crippen molar-refractivity contribution in [1.29, 1.82) is 0 Å². The van der Waals surface area contributed by atoms with Crippen LogP contribution < -0.4 is 0 Å². The van der Waals surface area contributed by atoms with Crippen molar-refractivity contribution < 1.29 is 9.90 Å². The lowest BCUT2D eigenvalue weighted by Crippen LogP contribution is -2.57. The predicted octanol–water partition coefficient (Wildman–Crippen LogP) is 7.20. The van der Waals surface area contributed by atoms with Crippen LogP contribution in [0.4, 0.5) is 0 Å². The summed E-state index contributed by atoms with van der Waals surface area (Å²) in [4.78, 5) is 18.7. The number of rotatable bonds is 12. The molecule has 1 N–H and O–H groups in total. The number of piperidine rings is 1. The summed E-state index contributed by atoms with van der Waals surface area (Å²) < 4.78 is 0. The third-order valence-corrected chi connectivity index (χ3v) is 9.74. The number of nitrogens with zero attached hydrogens (tertiary/aromatic N) is 2. The van der Waals surface area contributed by atoms with Crippen molar-refractivity contribution in [2.24, 2.45) is 17.8 Å². The van der Waals surface area contributed by atoms with Crippen molar-refractivity contribution in [3.63, 3.8) is 0 Å². The first-order valence-corrected chi connectivity index (χ1v) is 15.8. The quantitative estimate of drug-likeness (QED) is 0.295. The Morgan fingerprint density at radius 3 is 2.59 bits per heavy atom. The van der Waals surface area contributed by atoms with Crippen LogP contribution >= 0.6 is 0 Å². The second kappa shape index (κ2) is 12.9. The van der Waals surface area contributed by atoms with E-state index in [-0.39, 0.29) is 11.5 Å². The highest BCUT2D eigenvalue weighted by molar-refractivity contribution is 5.76. The highest BCUT2D eigenvalue weighted by Gasteiger charge is 2.50. The molecule has 0 aromatic heterocycles. The number of phenols is 1. The number of unbranched alkanes of at least 4 members (excludes halogenated alkanes) is 2. The second-order valence-electron chi connectivity index (χ2n) is 13.3. The molecule has 0 spiro atoms. The lowest BCUT2D eigenvalue weighted by molar-refractivity contribution is -0.136. The van der Waals surface area contributed by atoms with Gasteiger partial charge in [0.1, 0.15) is 5.75 Å². The van der Waals surface area contributed by atoms with Gasteiger partial charge in [0.05, 0.1) is 0 Å². The molecule has 2 aliphatic carbocycles. The maximum absolute atomic E-state index is 13.7. The number of hydrogen-bond acceptors (Lipinski definition) is 3. The maximum atomic E-state index is 13.7. The van der Waals surface area contributed by atoms with Gasteiger partial charge in [-0.05, 0) is 105 Å². The molecule has 2 aromatic carbocycles. The van der Waals surface area contributed by atoms with E-state index in [4.69, 9.17) is 0 Å². The van der Waals surface area contributed by atoms with Crippen LogP contribution in [-0.4, -0.2) is 53.0 Å². The Balaban J connectivity index is 1.26. The van der Waals surface area contributed by atoms with Gasteiger partial charge in [-0.15, -0.1) is 0 Å². The van der Waals surface area contributed by atoms with Gasteiger partial charge >= 0.3 is 0 Å². The lowest BCUT2D eigenvalue weighted by atomic mass is 9.57. The van der Waals surface area contributed by atoms with Crippen LogP contribution in [-0.2, 0) is 16.6 Å². The number of phenolic OH excluding ortho intramolecular Hbond substituents is 1. The number of carbonyl (C=O) groups excluding carboxylic acids is 1. The summed E-state index contributed by atoms with van der Waals surface area (Å²) in [7, 11) is 0. The van der Waals surface area contributed by atoms with Gasteiger partial charge in [-0.1, -0.05) is 62.7 Å². The summed E-state index contributed by atoms with van der Waals surface area (Å²) in [6.45, 7) is 8.90. The van der Waals surface area contributed by atoms with Gasteiger partial charge in [0.25, 0.3) is 0 Å². The fraction of sp³-hybridized carbons (Fsp3) is 0.629. The summed E-state index contributed by atoms with van der Waals surface area (Å²) >= 11 is 0. The number of aryl methyl sites for hydroxylation is 1. The summed E-state index contributed by atoms with van der Waals surface area (Å²) in [5.41, 5.74) is 2.73. The Hall–Kier alpha value is -2.33. The van der Waals surface area contributed by atoms with E-state index in [1.807, 2.05) is 12.1 Å². The maximum Gasteiger partial charge on any atom is 0.222 e. The number of amides is 1. The third kappa shape index (κ3) is 7.25. The first-order valence-electron chi connectivity index (χ1n) is 15.8. The zero-order valence-corrected chi connectivity index (χ0v) is 24.4. The molecule has 3 unspecified atom stereocenters. The van der Waals surface area contributed by atoms with Crippen molar-refractivity contribution in [3.8, 4) is 5.75 Å². The van der Waals surface area contributed by atoms with Crippen molar-refractivity contribution >= 4 is 5.91 Å². The minimum atomic E-state index is 0.0485. The molecule has 1 amide bonds. The van der Waals surface area contributed by atoms with Gasteiger partial charge in [-0.3, -0.25) is 4.79 Å². The van der Waals surface area contributed by atoms with E-state index in [9.17, 15) is 9.90 Å². The molecule has 3 atom stereocenters. The smallest absolute Gasteiger partial charge is 0.222 e. The number of benzene rings is 2. The Morgan fingerprint density at radius 2 is 1.85 bits per heavy atom. The molecule has 4 nitrogen and oxygen atoms in total. The lowest BCUT2D eigenvalue weighted by Gasteiger charge is -2.55. The average molecular weight is 531 g/mol. The van der Waals surface area contributed by atoms with Gasteiger partial charge in [0, 0.05) is 37.5 Å². The van der Waals surface area contributed by atoms with Crippen LogP contribution in [0.1, 0.15) is 89.2 Å². The van der Waals surface area contributed by atoms with Crippen LogP contribution in [0.15, 0.2) is 54.6 Å². The zero-order chi connectivity index (χ0) is 27.2. The van der Waals surface area contributed by atoms with Crippen molar-refractivity contribution in [2.75, 3.05) is 26.2 Å². The molecular weight excluding hydrogens is 480 g/mol. The van der Waals surface area contributed by atoms with Crippen LogP contribution in [0, 0.1) is 17.8 Å². The number of fused-ring (bicyclic) bond motifs is 1. The molecule has 5 rings (SSSR count). The highest BCUT2D eigenvalue weighted by Crippen LogP contribution is 2.51. The Kier molecular flexibility index (Phi) is 9.32. The summed E-state index contributed by atoms with van der Waals surface area (Å²) in [5, 5.41) is 10.4. The first kappa shape index (κ1) is 28.2. The van der Waals surface area contributed by atoms with Crippen LogP contribution in [0.5, 0.6) is 5.75 Å². The first-order chi connectivity index (χ1) is 18.9. The van der Waals surface area contributed by atoms with Crippen LogP contribution in [0.3, 0.4) is 0 Å². The van der Waals surface area contributed by atoms with Crippen molar-refractivity contribution in [1.82, 2.24) is 9.80 Å². The van der Waals surface area contributed by atoms with E-state index >= 15 is 0 Å². The van der Waals surface area contributed by atoms with Gasteiger partial charge in [0.15, 0.2) is 0 Å². The molecule has 2 saturated carbocycles. The van der Waals surface area contributed by atoms with Crippen molar-refractivity contribution in [3.05, 3.63) is 65.7 Å². The number of likely N-dealkylation sites (tertiary alicyclic amines) is 1. The Morgan fingerprint density at radius 1 is 1.03 bits per heavy atom. The van der Waals surface area contributed by atoms with Gasteiger partial charge < -0.3 is 14.9 Å². The summed E-state index contributed by atoms with van der Waals surface area (Å²) in [6.07, 6.45) is 12.2. The molecule has 39 heavy (non-hydrogen) atoms. The fourth-order valence-corrected chi connectivity index (χ4v) is 7.52. The van der Waals surface area contributed by atoms with Gasteiger partial charge in [0.2, 0.25) is 5.91 Å². The summed E-state index contributed by atoms with van der Waals surface area (Å²) in [6, 6.07) is 19.1. The Labute approximate surface area is 236 Å². The zero-order valence-electron chi connectivity index (χ0n) is 24.4. The molecule has 4 heteroatoms. The molecule has 3 fully saturated rings. The molecule has 0 radical (unpaired) electrons. The van der Waals surface area contributed by atoms with E-state index in [1.165, 1.54) is 43.5 Å². The molecule has 0 bridgehead atoms. The third-order valence-electron chi connectivity index (χ3n) is 9.74. The fourth-order valence-electron chi connectivity index (χ4n) is 7.52. The second-order valence-corrected chi connectivity index (χ2v) is 13.3. The highest BCUT2D eigenvalue weighted by atomic mass is 16.3. The summed E-state index contributed by atoms with van der Waals surface area (Å²) in [5.74, 6) is 2.69. The average Bonchev–Trinajstić information content (AvgIpc) is 3.76. The van der Waals surface area contributed by atoms with E-state index in [2.05, 4.69) is 60.0 Å². The van der Waals surface area contributed by atoms with Crippen molar-refractivity contribution in [2.45, 2.75) is 95.9 Å². The number of aromatic hydroxyl groups is 1. The van der Waals surface area contributed by atoms with E-state index < -0.39 is 0 Å². The molecular formula is C35H50N2O2. The molecule has 1 saturated heterocycles. The predicted molar refractivity (Wildman–Crippen MR) is 160 cm³/mol. The molecule has 1 heterocycles. The topological polar surface area (TPSA) is 43.8 Å². The van der Waals surface area contributed by atoms with E-state index in [0.717, 1.165) is 64.0 Å². The van der Waals surface area contributed by atoms with E-state index in [0.29, 0.717) is 29.9 Å². The monoisotopic (exact) mass is 530 g/mol. The number of carbonyl (C=O) groups is 1. The minimum absolute atomic E-state index is 0.0485. The number of hydrogen-bond donors (Lipinski definition) is 1. The Bertz CT molecular complexity index is 1070. The molecule has 3 aliphatic rings. The molecule has 1 aliphatic heterocycles. The molecule has 212 valence electrons. The van der Waals surface area contributed by atoms with Crippen LogP contribution in [0.25, 0.3) is 0 Å². The minimum Gasteiger partial charge on any atom is -0.508 e. The van der Waals surface area contributed by atoms with Crippen LogP contribution in [0.2, 0.25) is 0 Å². The van der Waals surface area contributed by atoms with Gasteiger partial charge in [-0.25, -0.2) is 0 Å². The van der Waals surface area contributed by atoms with E-state index in [1.54, 1.807) is 6.07 Å². The standard InChI is InChI=1S/C35H50N2O2/c1-27(2)24-37(34(39)15-8-4-7-12-28-10-5-3-6-11-28)32-19-18-31-26-36(25-29-16-17-29)21-20-35(31,23-32)30-13-9-14-33(38)22-30/h3,5-6,9-11,13-14,22,27,29,31-32,38H,4,7-8,12,15-21,23-26H2,1-2H3. The largest absolute Gasteiger partial charge is 0.508 e. The normalized spacial score (nSPS) is 25.4. The SMILES string of the molecule is CC(C)CN(C(=O)CCCCCc1ccccc1)C1CCC2CN(CC3CC3)CCC2(c2cccc(O)c2)C1.